The van der Waals surface area contributed by atoms with Crippen LogP contribution in [0.5, 0.6) is 11.5 Å². The number of phenolic OH excluding ortho intramolecular Hbond substituents is 1. The Morgan fingerprint density at radius 3 is 2.22 bits per heavy atom. The summed E-state index contributed by atoms with van der Waals surface area (Å²) < 4.78 is 5.22. The molecule has 0 amide bonds. The lowest BCUT2D eigenvalue weighted by Gasteiger charge is -2.25. The van der Waals surface area contributed by atoms with Crippen LogP contribution in [0.15, 0.2) is 18.2 Å². The summed E-state index contributed by atoms with van der Waals surface area (Å²) in [5.41, 5.74) is 6.21. The monoisotopic (exact) mass is 377 g/mol. The molecule has 5 nitrogen and oxygen atoms in total. The number of aromatic hydroxyl groups is 1. The maximum absolute atomic E-state index is 12.4. The fourth-order valence-corrected chi connectivity index (χ4v) is 2.60. The van der Waals surface area contributed by atoms with Crippen LogP contribution in [0.4, 0.5) is 0 Å². The van der Waals surface area contributed by atoms with Gasteiger partial charge >= 0.3 is 5.97 Å². The highest BCUT2D eigenvalue weighted by molar-refractivity contribution is 6.01. The van der Waals surface area contributed by atoms with E-state index < -0.39 is 6.04 Å². The molecule has 0 spiro atoms. The van der Waals surface area contributed by atoms with Gasteiger partial charge < -0.3 is 15.6 Å². The third-order valence-corrected chi connectivity index (χ3v) is 4.49. The molecule has 5 heteroatoms. The number of benzene rings is 1. The smallest absolute Gasteiger partial charge is 0.311 e. The van der Waals surface area contributed by atoms with Gasteiger partial charge in [0.05, 0.1) is 6.04 Å². The molecule has 0 aliphatic heterocycles. The van der Waals surface area contributed by atoms with Crippen LogP contribution in [0.25, 0.3) is 0 Å². The lowest BCUT2D eigenvalue weighted by Crippen LogP contribution is -2.42. The predicted molar refractivity (Wildman–Crippen MR) is 108 cm³/mol. The minimum Gasteiger partial charge on any atom is -0.504 e. The number of esters is 1. The Bertz CT molecular complexity index is 653. The Hall–Kier alpha value is -1.88. The number of hydrogen-bond acceptors (Lipinski definition) is 5. The quantitative estimate of drug-likeness (QED) is 0.292. The van der Waals surface area contributed by atoms with Gasteiger partial charge in [0, 0.05) is 12.0 Å². The summed E-state index contributed by atoms with van der Waals surface area (Å²) in [4.78, 5) is 24.4. The fraction of sp³-hybridized carbons (Fsp3) is 0.636. The highest BCUT2D eigenvalue weighted by atomic mass is 16.5. The van der Waals surface area contributed by atoms with E-state index in [9.17, 15) is 14.7 Å². The van der Waals surface area contributed by atoms with E-state index >= 15 is 0 Å². The Morgan fingerprint density at radius 1 is 1.07 bits per heavy atom. The minimum absolute atomic E-state index is 0.0653. The number of unbranched alkanes of at least 4 members (excludes halogenated alkanes) is 2. The Labute approximate surface area is 163 Å². The third kappa shape index (κ3) is 8.12. The first-order valence-corrected chi connectivity index (χ1v) is 9.65. The second-order valence-electron chi connectivity index (χ2n) is 9.49. The van der Waals surface area contributed by atoms with Crippen LogP contribution in [0.2, 0.25) is 0 Å². The van der Waals surface area contributed by atoms with Crippen molar-refractivity contribution in [3.05, 3.63) is 23.8 Å². The Morgan fingerprint density at radius 2 is 1.70 bits per heavy atom. The van der Waals surface area contributed by atoms with Crippen molar-refractivity contribution in [3.63, 3.8) is 0 Å². The van der Waals surface area contributed by atoms with Crippen molar-refractivity contribution in [2.45, 2.75) is 79.7 Å². The summed E-state index contributed by atoms with van der Waals surface area (Å²) in [5.74, 6) is -0.806. The van der Waals surface area contributed by atoms with Crippen molar-refractivity contribution in [2.75, 3.05) is 0 Å². The van der Waals surface area contributed by atoms with E-state index in [1.807, 2.05) is 20.8 Å². The van der Waals surface area contributed by atoms with E-state index in [-0.39, 0.29) is 28.7 Å². The lowest BCUT2D eigenvalue weighted by atomic mass is 9.83. The zero-order chi connectivity index (χ0) is 20.8. The van der Waals surface area contributed by atoms with Gasteiger partial charge in [-0.1, -0.05) is 54.4 Å². The average molecular weight is 378 g/mol. The summed E-state index contributed by atoms with van der Waals surface area (Å²) in [6.45, 7) is 12.2. The molecule has 152 valence electrons. The highest BCUT2D eigenvalue weighted by Crippen LogP contribution is 2.29. The van der Waals surface area contributed by atoms with Crippen LogP contribution in [0.1, 0.15) is 84.0 Å². The van der Waals surface area contributed by atoms with Gasteiger partial charge in [-0.25, -0.2) is 0 Å². The summed E-state index contributed by atoms with van der Waals surface area (Å²) in [7, 11) is 0. The molecule has 0 saturated carbocycles. The van der Waals surface area contributed by atoms with Gasteiger partial charge in [0.15, 0.2) is 17.3 Å². The maximum atomic E-state index is 12.4. The van der Waals surface area contributed by atoms with Gasteiger partial charge in [-0.15, -0.1) is 0 Å². The van der Waals surface area contributed by atoms with Gasteiger partial charge in [-0.2, -0.15) is 0 Å². The van der Waals surface area contributed by atoms with Crippen molar-refractivity contribution in [1.29, 1.82) is 0 Å². The van der Waals surface area contributed by atoms with Crippen molar-refractivity contribution >= 4 is 11.8 Å². The number of ether oxygens (including phenoxy) is 1. The van der Waals surface area contributed by atoms with Crippen molar-refractivity contribution in [2.24, 2.45) is 16.6 Å². The van der Waals surface area contributed by atoms with E-state index in [0.29, 0.717) is 17.4 Å². The molecule has 1 aromatic carbocycles. The average Bonchev–Trinajstić information content (AvgIpc) is 2.53. The first kappa shape index (κ1) is 23.2. The van der Waals surface area contributed by atoms with Crippen LogP contribution < -0.4 is 10.5 Å². The normalized spacial score (nSPS) is 13.3. The maximum Gasteiger partial charge on any atom is 0.311 e. The Kier molecular flexibility index (Phi) is 8.03. The molecule has 0 saturated heterocycles. The number of carbonyl (C=O) groups is 2. The second kappa shape index (κ2) is 9.36. The molecule has 0 aliphatic rings. The molecule has 0 bridgehead atoms. The zero-order valence-electron chi connectivity index (χ0n) is 17.6. The molecule has 1 unspecified atom stereocenters. The first-order valence-electron chi connectivity index (χ1n) is 9.65. The number of carbonyl (C=O) groups excluding carboxylic acids is 2. The molecule has 0 fully saturated rings. The lowest BCUT2D eigenvalue weighted by molar-refractivity contribution is -0.134. The summed E-state index contributed by atoms with van der Waals surface area (Å²) in [6, 6.07) is 3.59. The zero-order valence-corrected chi connectivity index (χ0v) is 17.6. The fourth-order valence-electron chi connectivity index (χ4n) is 2.60. The number of phenols is 1. The minimum atomic E-state index is -0.682. The molecule has 0 radical (unpaired) electrons. The SMILES string of the molecule is CC(C)(C)CCCCCC(=O)Oc1ccc(C(=O)C(N)C(C)(C)C)cc1O. The summed E-state index contributed by atoms with van der Waals surface area (Å²) in [5, 5.41) is 10.1. The number of rotatable bonds is 8. The Balaban J connectivity index is 2.57. The van der Waals surface area contributed by atoms with Crippen molar-refractivity contribution < 1.29 is 19.4 Å². The van der Waals surface area contributed by atoms with Crippen LogP contribution >= 0.6 is 0 Å². The molecule has 0 aromatic heterocycles. The van der Waals surface area contributed by atoms with Crippen molar-refractivity contribution in [1.82, 2.24) is 0 Å². The second-order valence-corrected chi connectivity index (χ2v) is 9.49. The third-order valence-electron chi connectivity index (χ3n) is 4.49. The molecule has 1 aromatic rings. The number of nitrogens with two attached hydrogens (primary N) is 1. The first-order chi connectivity index (χ1) is 12.3. The van der Waals surface area contributed by atoms with E-state index in [4.69, 9.17) is 10.5 Å². The van der Waals surface area contributed by atoms with Crippen LogP contribution in [-0.2, 0) is 4.79 Å². The van der Waals surface area contributed by atoms with E-state index in [0.717, 1.165) is 25.7 Å². The standard InChI is InChI=1S/C22H35NO4/c1-21(2,3)13-9-7-8-10-18(25)27-17-12-11-15(14-16(17)24)19(26)20(23)22(4,5)6/h11-12,14,20,24H,7-10,13,23H2,1-6H3. The largest absolute Gasteiger partial charge is 0.504 e. The van der Waals surface area contributed by atoms with E-state index in [1.165, 1.54) is 18.2 Å². The van der Waals surface area contributed by atoms with Gasteiger partial charge in [0.2, 0.25) is 0 Å². The number of Topliss-reactive ketones (excluding diaryl/α,β-unsaturated/α-hetero) is 1. The number of ketones is 1. The molecular weight excluding hydrogens is 342 g/mol. The molecule has 1 rings (SSSR count). The molecule has 0 heterocycles. The van der Waals surface area contributed by atoms with Crippen LogP contribution in [-0.4, -0.2) is 22.9 Å². The van der Waals surface area contributed by atoms with Gasteiger partial charge in [0.1, 0.15) is 0 Å². The molecule has 27 heavy (non-hydrogen) atoms. The van der Waals surface area contributed by atoms with Crippen LogP contribution in [0.3, 0.4) is 0 Å². The molecule has 3 N–H and O–H groups in total. The van der Waals surface area contributed by atoms with E-state index in [1.54, 1.807) is 0 Å². The molecule has 1 atom stereocenters. The number of hydrogen-bond donors (Lipinski definition) is 2. The van der Waals surface area contributed by atoms with Crippen molar-refractivity contribution in [3.8, 4) is 11.5 Å². The topological polar surface area (TPSA) is 89.6 Å². The van der Waals surface area contributed by atoms with E-state index in [2.05, 4.69) is 20.8 Å². The van der Waals surface area contributed by atoms with Gasteiger partial charge in [0.25, 0.3) is 0 Å². The summed E-state index contributed by atoms with van der Waals surface area (Å²) in [6.07, 6.45) is 4.23. The highest BCUT2D eigenvalue weighted by Gasteiger charge is 2.28. The van der Waals surface area contributed by atoms with Crippen LogP contribution in [0, 0.1) is 10.8 Å². The van der Waals surface area contributed by atoms with Gasteiger partial charge in [-0.3, -0.25) is 9.59 Å². The van der Waals surface area contributed by atoms with Gasteiger partial charge in [-0.05, 0) is 41.9 Å². The predicted octanol–water partition coefficient (Wildman–Crippen LogP) is 4.85. The molecule has 0 aliphatic carbocycles. The summed E-state index contributed by atoms with van der Waals surface area (Å²) >= 11 is 0. The molecular formula is C22H35NO4.